The molecule has 4 heteroatoms. The summed E-state index contributed by atoms with van der Waals surface area (Å²) in [6.45, 7) is 7.73. The van der Waals surface area contributed by atoms with Gasteiger partial charge in [0.15, 0.2) is 0 Å². The first-order valence-electron chi connectivity index (χ1n) is 4.60. The zero-order valence-electron chi connectivity index (χ0n) is 8.98. The van der Waals surface area contributed by atoms with Crippen molar-refractivity contribution in [3.05, 3.63) is 18.0 Å². The fraction of sp³-hybridized carbons (Fsp3) is 0.600. The van der Waals surface area contributed by atoms with Crippen LogP contribution in [0.3, 0.4) is 0 Å². The van der Waals surface area contributed by atoms with E-state index in [4.69, 9.17) is 5.11 Å². The Labute approximate surface area is 83.5 Å². The van der Waals surface area contributed by atoms with Gasteiger partial charge in [-0.15, -0.1) is 0 Å². The summed E-state index contributed by atoms with van der Waals surface area (Å²) >= 11 is 0. The first-order chi connectivity index (χ1) is 6.32. The number of hydrogen-bond donors (Lipinski definition) is 1. The molecule has 1 atom stereocenters. The van der Waals surface area contributed by atoms with Crippen LogP contribution in [-0.2, 0) is 10.3 Å². The van der Waals surface area contributed by atoms with Crippen LogP contribution >= 0.6 is 0 Å². The van der Waals surface area contributed by atoms with Crippen molar-refractivity contribution in [2.24, 2.45) is 0 Å². The SMILES string of the molecule is CC(C(=O)O)c1cnn(C(C)(C)C)c1. The Morgan fingerprint density at radius 2 is 2.14 bits per heavy atom. The largest absolute Gasteiger partial charge is 0.481 e. The predicted octanol–water partition coefficient (Wildman–Crippen LogP) is 1.83. The Morgan fingerprint density at radius 1 is 1.57 bits per heavy atom. The van der Waals surface area contributed by atoms with E-state index in [0.717, 1.165) is 5.56 Å². The molecule has 1 N–H and O–H groups in total. The van der Waals surface area contributed by atoms with Crippen molar-refractivity contribution in [2.45, 2.75) is 39.2 Å². The second-order valence-electron chi connectivity index (χ2n) is 4.45. The second kappa shape index (κ2) is 3.44. The molecule has 1 unspecified atom stereocenters. The predicted molar refractivity (Wildman–Crippen MR) is 53.3 cm³/mol. The van der Waals surface area contributed by atoms with Gasteiger partial charge in [0.25, 0.3) is 0 Å². The number of hydrogen-bond acceptors (Lipinski definition) is 2. The fourth-order valence-electron chi connectivity index (χ4n) is 1.07. The van der Waals surface area contributed by atoms with E-state index in [9.17, 15) is 4.79 Å². The molecule has 0 saturated heterocycles. The van der Waals surface area contributed by atoms with Crippen LogP contribution in [-0.4, -0.2) is 20.9 Å². The average molecular weight is 196 g/mol. The summed E-state index contributed by atoms with van der Waals surface area (Å²) in [6.07, 6.45) is 3.41. The second-order valence-corrected chi connectivity index (χ2v) is 4.45. The summed E-state index contributed by atoms with van der Waals surface area (Å²) in [7, 11) is 0. The Bertz CT molecular complexity index is 336. The summed E-state index contributed by atoms with van der Waals surface area (Å²) in [4.78, 5) is 10.7. The first kappa shape index (κ1) is 10.8. The number of carbonyl (C=O) groups is 1. The zero-order valence-corrected chi connectivity index (χ0v) is 8.98. The summed E-state index contributed by atoms with van der Waals surface area (Å²) in [5.74, 6) is -1.32. The minimum atomic E-state index is -0.821. The van der Waals surface area contributed by atoms with E-state index in [1.807, 2.05) is 20.8 Å². The Hall–Kier alpha value is -1.32. The van der Waals surface area contributed by atoms with Gasteiger partial charge in [-0.25, -0.2) is 0 Å². The van der Waals surface area contributed by atoms with Gasteiger partial charge in [-0.3, -0.25) is 9.48 Å². The molecule has 0 aliphatic rings. The maximum Gasteiger partial charge on any atom is 0.310 e. The summed E-state index contributed by atoms with van der Waals surface area (Å²) < 4.78 is 1.78. The van der Waals surface area contributed by atoms with Gasteiger partial charge in [-0.1, -0.05) is 0 Å². The number of carboxylic acid groups (broad SMARTS) is 1. The molecule has 14 heavy (non-hydrogen) atoms. The molecule has 78 valence electrons. The van der Waals surface area contributed by atoms with Gasteiger partial charge >= 0.3 is 5.97 Å². The molecule has 0 aliphatic heterocycles. The number of aliphatic carboxylic acids is 1. The van der Waals surface area contributed by atoms with Crippen molar-refractivity contribution in [1.82, 2.24) is 9.78 Å². The molecule has 4 nitrogen and oxygen atoms in total. The molecule has 1 rings (SSSR count). The highest BCUT2D eigenvalue weighted by Gasteiger charge is 2.19. The lowest BCUT2D eigenvalue weighted by Crippen LogP contribution is -2.22. The van der Waals surface area contributed by atoms with Gasteiger partial charge < -0.3 is 5.11 Å². The van der Waals surface area contributed by atoms with Gasteiger partial charge in [0.2, 0.25) is 0 Å². The van der Waals surface area contributed by atoms with E-state index in [2.05, 4.69) is 5.10 Å². The number of nitrogens with zero attached hydrogens (tertiary/aromatic N) is 2. The number of rotatable bonds is 2. The average Bonchev–Trinajstić information content (AvgIpc) is 2.49. The Morgan fingerprint density at radius 3 is 2.50 bits per heavy atom. The summed E-state index contributed by atoms with van der Waals surface area (Å²) in [5, 5.41) is 13.0. The molecule has 0 saturated carbocycles. The van der Waals surface area contributed by atoms with Gasteiger partial charge in [0.1, 0.15) is 0 Å². The highest BCUT2D eigenvalue weighted by Crippen LogP contribution is 2.18. The van der Waals surface area contributed by atoms with Crippen molar-refractivity contribution in [1.29, 1.82) is 0 Å². The molecule has 0 spiro atoms. The van der Waals surface area contributed by atoms with Crippen molar-refractivity contribution in [2.75, 3.05) is 0 Å². The van der Waals surface area contributed by atoms with Crippen LogP contribution in [0.25, 0.3) is 0 Å². The standard InChI is InChI=1S/C10H16N2O2/c1-7(9(13)14)8-5-11-12(6-8)10(2,3)4/h5-7H,1-4H3,(H,13,14). The van der Waals surface area contributed by atoms with Crippen molar-refractivity contribution in [3.8, 4) is 0 Å². The molecule has 0 aromatic carbocycles. The van der Waals surface area contributed by atoms with E-state index < -0.39 is 11.9 Å². The molecule has 1 heterocycles. The third-order valence-electron chi connectivity index (χ3n) is 2.16. The van der Waals surface area contributed by atoms with E-state index >= 15 is 0 Å². The van der Waals surface area contributed by atoms with Crippen LogP contribution < -0.4 is 0 Å². The minimum Gasteiger partial charge on any atom is -0.481 e. The highest BCUT2D eigenvalue weighted by molar-refractivity contribution is 5.75. The van der Waals surface area contributed by atoms with Crippen LogP contribution in [0.15, 0.2) is 12.4 Å². The van der Waals surface area contributed by atoms with Gasteiger partial charge in [-0.05, 0) is 27.7 Å². The maximum absolute atomic E-state index is 10.7. The van der Waals surface area contributed by atoms with Gasteiger partial charge in [0, 0.05) is 11.8 Å². The van der Waals surface area contributed by atoms with Crippen LogP contribution in [0.1, 0.15) is 39.2 Å². The van der Waals surface area contributed by atoms with Crippen molar-refractivity contribution in [3.63, 3.8) is 0 Å². The molecular formula is C10H16N2O2. The minimum absolute atomic E-state index is 0.101. The Balaban J connectivity index is 2.94. The van der Waals surface area contributed by atoms with Crippen LogP contribution in [0.5, 0.6) is 0 Å². The lowest BCUT2D eigenvalue weighted by molar-refractivity contribution is -0.138. The maximum atomic E-state index is 10.7. The molecule has 0 aliphatic carbocycles. The molecule has 1 aromatic rings. The normalized spacial score (nSPS) is 14.0. The lowest BCUT2D eigenvalue weighted by Gasteiger charge is -2.18. The van der Waals surface area contributed by atoms with E-state index in [0.29, 0.717) is 0 Å². The molecule has 0 amide bonds. The van der Waals surface area contributed by atoms with Crippen LogP contribution in [0, 0.1) is 0 Å². The first-order valence-corrected chi connectivity index (χ1v) is 4.60. The molecule has 0 radical (unpaired) electrons. The smallest absolute Gasteiger partial charge is 0.310 e. The third-order valence-corrected chi connectivity index (χ3v) is 2.16. The highest BCUT2D eigenvalue weighted by atomic mass is 16.4. The molecule has 0 bridgehead atoms. The summed E-state index contributed by atoms with van der Waals surface area (Å²) in [5.41, 5.74) is 0.642. The van der Waals surface area contributed by atoms with Crippen LogP contribution in [0.4, 0.5) is 0 Å². The quantitative estimate of drug-likeness (QED) is 0.785. The van der Waals surface area contributed by atoms with E-state index in [1.165, 1.54) is 0 Å². The number of aromatic nitrogens is 2. The van der Waals surface area contributed by atoms with Gasteiger partial charge in [0.05, 0.1) is 17.7 Å². The summed E-state index contributed by atoms with van der Waals surface area (Å²) in [6, 6.07) is 0. The molecule has 0 fully saturated rings. The molecular weight excluding hydrogens is 180 g/mol. The number of carboxylic acids is 1. The van der Waals surface area contributed by atoms with Crippen molar-refractivity contribution < 1.29 is 9.90 Å². The van der Waals surface area contributed by atoms with Crippen LogP contribution in [0.2, 0.25) is 0 Å². The molecule has 1 aromatic heterocycles. The van der Waals surface area contributed by atoms with E-state index in [1.54, 1.807) is 24.0 Å². The lowest BCUT2D eigenvalue weighted by atomic mass is 10.1. The monoisotopic (exact) mass is 196 g/mol. The topological polar surface area (TPSA) is 55.1 Å². The van der Waals surface area contributed by atoms with E-state index in [-0.39, 0.29) is 5.54 Å². The van der Waals surface area contributed by atoms with Crippen molar-refractivity contribution >= 4 is 5.97 Å². The van der Waals surface area contributed by atoms with Gasteiger partial charge in [-0.2, -0.15) is 5.10 Å². The third kappa shape index (κ3) is 2.13. The zero-order chi connectivity index (χ0) is 10.9. The fourth-order valence-corrected chi connectivity index (χ4v) is 1.07. The Kier molecular flexibility index (Phi) is 2.64.